The number of hydrogen-bond donors (Lipinski definition) is 0. The molecule has 1 unspecified atom stereocenters. The molecule has 0 aliphatic carbocycles. The summed E-state index contributed by atoms with van der Waals surface area (Å²) in [5, 5.41) is 0. The van der Waals surface area contributed by atoms with Gasteiger partial charge >= 0.3 is 51.4 Å². The predicted octanol–water partition coefficient (Wildman–Crippen LogP) is 8.21. The van der Waals surface area contributed by atoms with Gasteiger partial charge in [0.2, 0.25) is 5.50 Å². The van der Waals surface area contributed by atoms with Gasteiger partial charge in [-0.05, 0) is 19.3 Å². The molecule has 0 N–H and O–H groups in total. The molecule has 0 amide bonds. The molecule has 0 radical (unpaired) electrons. The first-order chi connectivity index (χ1) is 14.5. The van der Waals surface area contributed by atoms with Crippen molar-refractivity contribution in [2.45, 2.75) is 154 Å². The van der Waals surface area contributed by atoms with Gasteiger partial charge in [-0.15, -0.1) is 0 Å². The Morgan fingerprint density at radius 3 is 1.29 bits per heavy atom. The molecule has 184 valence electrons. The monoisotopic (exact) mass is 490 g/mol. The summed E-state index contributed by atoms with van der Waals surface area (Å²) in [5.74, 6) is 0. The van der Waals surface area contributed by atoms with E-state index in [0.717, 1.165) is 25.7 Å². The van der Waals surface area contributed by atoms with Crippen LogP contribution in [0.2, 0.25) is 0 Å². The van der Waals surface area contributed by atoms with Crippen molar-refractivity contribution in [1.29, 1.82) is 0 Å². The van der Waals surface area contributed by atoms with Crippen LogP contribution in [0.3, 0.4) is 0 Å². The van der Waals surface area contributed by atoms with Crippen molar-refractivity contribution in [2.24, 2.45) is 0 Å². The van der Waals surface area contributed by atoms with Crippen molar-refractivity contribution < 1.29 is 17.0 Å². The van der Waals surface area contributed by atoms with Gasteiger partial charge in [-0.25, -0.2) is 4.39 Å². The molecule has 0 saturated carbocycles. The van der Waals surface area contributed by atoms with Gasteiger partial charge in [-0.3, -0.25) is 4.18 Å². The fourth-order valence-corrected chi connectivity index (χ4v) is 4.73. The van der Waals surface area contributed by atoms with Crippen molar-refractivity contribution in [2.75, 3.05) is 6.61 Å². The van der Waals surface area contributed by atoms with Crippen LogP contribution in [-0.4, -0.2) is 71.9 Å². The standard InChI is InChI=1S/C25H51FO3S.K.H/c1-3-5-7-9-11-13-14-15-16-18-20-22-24-29-30(27,28)25(26)23-21-19-17-12-10-8-6-4-2;;/h25H,3-24H2,1-2H3;;. The molecule has 3 nitrogen and oxygen atoms in total. The zero-order valence-corrected chi connectivity index (χ0v) is 21.0. The zero-order valence-electron chi connectivity index (χ0n) is 20.1. The van der Waals surface area contributed by atoms with Crippen molar-refractivity contribution >= 4 is 61.5 Å². The molecule has 0 aromatic rings. The van der Waals surface area contributed by atoms with Crippen molar-refractivity contribution in [1.82, 2.24) is 0 Å². The first-order valence-corrected chi connectivity index (χ1v) is 14.5. The normalized spacial score (nSPS) is 12.6. The molecule has 0 rings (SSSR count). The van der Waals surface area contributed by atoms with Crippen LogP contribution in [0.4, 0.5) is 4.39 Å². The quantitative estimate of drug-likeness (QED) is 0.0777. The van der Waals surface area contributed by atoms with Crippen LogP contribution in [0, 0.1) is 0 Å². The molecule has 6 heteroatoms. The second-order valence-corrected chi connectivity index (χ2v) is 10.6. The van der Waals surface area contributed by atoms with E-state index in [1.54, 1.807) is 0 Å². The van der Waals surface area contributed by atoms with Gasteiger partial charge in [0, 0.05) is 0 Å². The Morgan fingerprint density at radius 2 is 0.903 bits per heavy atom. The van der Waals surface area contributed by atoms with Gasteiger partial charge in [0.25, 0.3) is 10.1 Å². The minimum atomic E-state index is -4.05. The number of alkyl halides is 1. The predicted molar refractivity (Wildman–Crippen MR) is 135 cm³/mol. The molecule has 0 aliphatic heterocycles. The van der Waals surface area contributed by atoms with E-state index in [-0.39, 0.29) is 64.4 Å². The Morgan fingerprint density at radius 1 is 0.581 bits per heavy atom. The Hall–Kier alpha value is 1.48. The first kappa shape index (κ1) is 34.6. The average molecular weight is 491 g/mol. The second-order valence-electron chi connectivity index (χ2n) is 8.88. The summed E-state index contributed by atoms with van der Waals surface area (Å²) >= 11 is 0. The summed E-state index contributed by atoms with van der Waals surface area (Å²) in [5.41, 5.74) is -1.87. The van der Waals surface area contributed by atoms with Crippen LogP contribution in [-0.2, 0) is 14.3 Å². The molecule has 0 aromatic carbocycles. The van der Waals surface area contributed by atoms with E-state index in [1.807, 2.05) is 0 Å². The fraction of sp³-hybridized carbons (Fsp3) is 1.00. The van der Waals surface area contributed by atoms with Gasteiger partial charge in [0.05, 0.1) is 6.61 Å². The molecular weight excluding hydrogens is 438 g/mol. The Bertz CT molecular complexity index is 446. The topological polar surface area (TPSA) is 43.4 Å². The van der Waals surface area contributed by atoms with Crippen LogP contribution in [0.1, 0.15) is 149 Å². The fourth-order valence-electron chi connectivity index (χ4n) is 3.78. The second kappa shape index (κ2) is 26.1. The maximum atomic E-state index is 14.0. The van der Waals surface area contributed by atoms with Crippen molar-refractivity contribution in [3.8, 4) is 0 Å². The van der Waals surface area contributed by atoms with E-state index in [9.17, 15) is 12.8 Å². The van der Waals surface area contributed by atoms with Crippen LogP contribution >= 0.6 is 0 Å². The number of halogens is 1. The van der Waals surface area contributed by atoms with Crippen LogP contribution in [0.5, 0.6) is 0 Å². The minimum absolute atomic E-state index is 0. The van der Waals surface area contributed by atoms with Crippen LogP contribution in [0.15, 0.2) is 0 Å². The SMILES string of the molecule is CCCCCCCCCCCCCCOS(=O)(=O)C(F)CCCCCCCCCC.[KH]. The van der Waals surface area contributed by atoms with E-state index < -0.39 is 15.6 Å². The number of unbranched alkanes of at least 4 members (excludes halogenated alkanes) is 18. The first-order valence-electron chi connectivity index (χ1n) is 13.1. The van der Waals surface area contributed by atoms with Gasteiger partial charge in [-0.2, -0.15) is 8.42 Å². The van der Waals surface area contributed by atoms with Crippen LogP contribution in [0.25, 0.3) is 0 Å². The Balaban J connectivity index is 0. The third-order valence-electron chi connectivity index (χ3n) is 5.84. The average Bonchev–Trinajstić information content (AvgIpc) is 2.73. The zero-order chi connectivity index (χ0) is 22.3. The number of rotatable bonds is 24. The molecular formula is C25H52FKO3S. The molecule has 0 saturated heterocycles. The molecule has 0 aromatic heterocycles. The molecule has 0 aliphatic rings. The Labute approximate surface area is 237 Å². The number of hydrogen-bond acceptors (Lipinski definition) is 3. The van der Waals surface area contributed by atoms with Gasteiger partial charge < -0.3 is 0 Å². The van der Waals surface area contributed by atoms with E-state index in [4.69, 9.17) is 4.18 Å². The van der Waals surface area contributed by atoms with E-state index in [1.165, 1.54) is 89.9 Å². The van der Waals surface area contributed by atoms with E-state index in [0.29, 0.717) is 12.8 Å². The van der Waals surface area contributed by atoms with Gasteiger partial charge in [0.15, 0.2) is 0 Å². The molecule has 1 atom stereocenters. The molecule has 0 bridgehead atoms. The van der Waals surface area contributed by atoms with Gasteiger partial charge in [-0.1, -0.05) is 129 Å². The van der Waals surface area contributed by atoms with Crippen molar-refractivity contribution in [3.05, 3.63) is 0 Å². The molecule has 31 heavy (non-hydrogen) atoms. The summed E-state index contributed by atoms with van der Waals surface area (Å²) < 4.78 is 42.6. The summed E-state index contributed by atoms with van der Waals surface area (Å²) in [6, 6.07) is 0. The van der Waals surface area contributed by atoms with E-state index in [2.05, 4.69) is 13.8 Å². The Kier molecular flexibility index (Phi) is 29.2. The summed E-state index contributed by atoms with van der Waals surface area (Å²) in [6.07, 6.45) is 23.5. The molecule has 0 spiro atoms. The third-order valence-corrected chi connectivity index (χ3v) is 7.20. The maximum absolute atomic E-state index is 14.0. The molecule has 0 heterocycles. The molecule has 0 fully saturated rings. The van der Waals surface area contributed by atoms with Crippen LogP contribution < -0.4 is 0 Å². The summed E-state index contributed by atoms with van der Waals surface area (Å²) in [7, 11) is -4.05. The van der Waals surface area contributed by atoms with Gasteiger partial charge in [0.1, 0.15) is 0 Å². The summed E-state index contributed by atoms with van der Waals surface area (Å²) in [4.78, 5) is 0. The van der Waals surface area contributed by atoms with Crippen molar-refractivity contribution in [3.63, 3.8) is 0 Å². The van der Waals surface area contributed by atoms with E-state index >= 15 is 0 Å². The third kappa shape index (κ3) is 24.4. The summed E-state index contributed by atoms with van der Waals surface area (Å²) in [6.45, 7) is 4.56.